The molecule has 29 heavy (non-hydrogen) atoms. The number of hydrogen-bond donors (Lipinski definition) is 0. The fraction of sp³-hybridized carbons (Fsp3) is 0.762. The summed E-state index contributed by atoms with van der Waals surface area (Å²) in [4.78, 5) is 28.6. The lowest BCUT2D eigenvalue weighted by Gasteiger charge is -2.38. The van der Waals surface area contributed by atoms with E-state index in [1.807, 2.05) is 39.5 Å². The van der Waals surface area contributed by atoms with Crippen molar-refractivity contribution in [2.24, 2.45) is 5.92 Å². The number of rotatable bonds is 5. The van der Waals surface area contributed by atoms with Crippen molar-refractivity contribution in [3.05, 3.63) is 11.8 Å². The molecule has 1 aromatic heterocycles. The number of likely N-dealkylation sites (tertiary alicyclic amines) is 2. The van der Waals surface area contributed by atoms with Gasteiger partial charge in [-0.15, -0.1) is 0 Å². The predicted molar refractivity (Wildman–Crippen MR) is 107 cm³/mol. The van der Waals surface area contributed by atoms with Crippen LogP contribution in [0.5, 0.6) is 5.88 Å². The number of aromatic nitrogens is 1. The highest BCUT2D eigenvalue weighted by atomic mass is 16.6. The molecular weight excluding hydrogens is 374 g/mol. The summed E-state index contributed by atoms with van der Waals surface area (Å²) in [6.45, 7) is 13.3. The van der Waals surface area contributed by atoms with Gasteiger partial charge in [0.1, 0.15) is 17.6 Å². The van der Waals surface area contributed by atoms with E-state index in [9.17, 15) is 9.59 Å². The monoisotopic (exact) mass is 407 g/mol. The predicted octanol–water partition coefficient (Wildman–Crippen LogP) is 3.42. The van der Waals surface area contributed by atoms with E-state index in [1.165, 1.54) is 0 Å². The normalized spacial score (nSPS) is 21.3. The topological polar surface area (TPSA) is 85.1 Å². The van der Waals surface area contributed by atoms with Gasteiger partial charge in [0.15, 0.2) is 5.76 Å². The maximum atomic E-state index is 13.1. The van der Waals surface area contributed by atoms with Gasteiger partial charge in [-0.1, -0.05) is 13.8 Å². The average molecular weight is 408 g/mol. The molecule has 2 fully saturated rings. The van der Waals surface area contributed by atoms with Crippen molar-refractivity contribution in [2.45, 2.75) is 78.0 Å². The summed E-state index contributed by atoms with van der Waals surface area (Å²) in [6.07, 6.45) is 1.57. The van der Waals surface area contributed by atoms with Crippen LogP contribution in [0.15, 0.2) is 10.6 Å². The van der Waals surface area contributed by atoms with E-state index in [1.54, 1.807) is 11.0 Å². The Bertz CT molecular complexity index is 733. The Kier molecular flexibility index (Phi) is 6.10. The van der Waals surface area contributed by atoms with Crippen LogP contribution in [0.1, 0.15) is 66.1 Å². The molecule has 2 saturated heterocycles. The highest BCUT2D eigenvalue weighted by Crippen LogP contribution is 2.32. The summed E-state index contributed by atoms with van der Waals surface area (Å²) in [5.74, 6) is 0.680. The summed E-state index contributed by atoms with van der Waals surface area (Å²) >= 11 is 0. The first-order valence-corrected chi connectivity index (χ1v) is 10.5. The van der Waals surface area contributed by atoms with Crippen molar-refractivity contribution >= 4 is 12.0 Å². The largest absolute Gasteiger partial charge is 0.468 e. The highest BCUT2D eigenvalue weighted by molar-refractivity contribution is 5.84. The number of carbonyl (C=O) groups is 2. The van der Waals surface area contributed by atoms with Crippen LogP contribution in [0.3, 0.4) is 0 Å². The van der Waals surface area contributed by atoms with Crippen LogP contribution >= 0.6 is 0 Å². The van der Waals surface area contributed by atoms with Crippen LogP contribution in [-0.2, 0) is 9.53 Å². The van der Waals surface area contributed by atoms with E-state index >= 15 is 0 Å². The number of nitrogens with zero attached hydrogens (tertiary/aromatic N) is 3. The van der Waals surface area contributed by atoms with Gasteiger partial charge in [-0.25, -0.2) is 4.79 Å². The van der Waals surface area contributed by atoms with Crippen molar-refractivity contribution < 1.29 is 23.6 Å². The first-order valence-electron chi connectivity index (χ1n) is 10.5. The van der Waals surface area contributed by atoms with Crippen LogP contribution < -0.4 is 4.74 Å². The Morgan fingerprint density at radius 2 is 1.97 bits per heavy atom. The second-order valence-corrected chi connectivity index (χ2v) is 9.44. The fourth-order valence-corrected chi connectivity index (χ4v) is 3.81. The standard InChI is InChI=1S/C21H33N3O5/c1-13(2)18(19(25)24-9-7-8-14(24)3)16-10-17(22-29-16)27-15-11-23(12-15)20(26)28-21(4,5)6/h10,13-15,18H,7-9,11-12H2,1-6H3. The zero-order chi connectivity index (χ0) is 21.3. The molecule has 8 nitrogen and oxygen atoms in total. The summed E-state index contributed by atoms with van der Waals surface area (Å²) in [7, 11) is 0. The minimum Gasteiger partial charge on any atom is -0.468 e. The number of carbonyl (C=O) groups excluding carboxylic acids is 2. The molecule has 162 valence electrons. The van der Waals surface area contributed by atoms with Crippen LogP contribution in [0, 0.1) is 5.92 Å². The van der Waals surface area contributed by atoms with Crippen LogP contribution in [0.4, 0.5) is 4.79 Å². The summed E-state index contributed by atoms with van der Waals surface area (Å²) in [6, 6.07) is 1.97. The molecule has 0 aromatic carbocycles. The molecule has 2 aliphatic heterocycles. The maximum Gasteiger partial charge on any atom is 0.410 e. The first-order chi connectivity index (χ1) is 13.5. The number of hydrogen-bond acceptors (Lipinski definition) is 6. The number of amides is 2. The van der Waals surface area contributed by atoms with Crippen LogP contribution in [0.25, 0.3) is 0 Å². The molecule has 0 bridgehead atoms. The van der Waals surface area contributed by atoms with Crippen LogP contribution in [-0.4, -0.2) is 64.3 Å². The van der Waals surface area contributed by atoms with Crippen molar-refractivity contribution in [1.29, 1.82) is 0 Å². The lowest BCUT2D eigenvalue weighted by atomic mass is 9.91. The zero-order valence-electron chi connectivity index (χ0n) is 18.3. The van der Waals surface area contributed by atoms with Gasteiger partial charge in [-0.05, 0) is 51.6 Å². The Labute approximate surface area is 172 Å². The van der Waals surface area contributed by atoms with Crippen molar-refractivity contribution in [3.8, 4) is 5.88 Å². The Balaban J connectivity index is 1.57. The SMILES string of the molecule is CC(C)C(C(=O)N1CCCC1C)c1cc(OC2CN(C(=O)OC(C)(C)C)C2)no1. The molecule has 8 heteroatoms. The molecule has 2 unspecified atom stereocenters. The second kappa shape index (κ2) is 8.24. The third-order valence-electron chi connectivity index (χ3n) is 5.37. The highest BCUT2D eigenvalue weighted by Gasteiger charge is 2.38. The van der Waals surface area contributed by atoms with E-state index in [-0.39, 0.29) is 36.0 Å². The van der Waals surface area contributed by atoms with Gasteiger partial charge in [0, 0.05) is 18.7 Å². The summed E-state index contributed by atoms with van der Waals surface area (Å²) < 4.78 is 16.6. The van der Waals surface area contributed by atoms with Gasteiger partial charge in [0.25, 0.3) is 5.88 Å². The molecule has 0 N–H and O–H groups in total. The van der Waals surface area contributed by atoms with Gasteiger partial charge in [0.2, 0.25) is 5.91 Å². The van der Waals surface area contributed by atoms with Crippen molar-refractivity contribution in [1.82, 2.24) is 15.0 Å². The quantitative estimate of drug-likeness (QED) is 0.743. The molecule has 1 aromatic rings. The molecule has 3 rings (SSSR count). The fourth-order valence-electron chi connectivity index (χ4n) is 3.81. The van der Waals surface area contributed by atoms with Crippen molar-refractivity contribution in [3.63, 3.8) is 0 Å². The molecule has 3 heterocycles. The van der Waals surface area contributed by atoms with Gasteiger partial charge in [-0.3, -0.25) is 4.79 Å². The number of ether oxygens (including phenoxy) is 2. The van der Waals surface area contributed by atoms with E-state index in [4.69, 9.17) is 14.0 Å². The minimum absolute atomic E-state index is 0.0856. The Hall–Kier alpha value is -2.25. The molecular formula is C21H33N3O5. The van der Waals surface area contributed by atoms with E-state index < -0.39 is 5.60 Å². The Morgan fingerprint density at radius 1 is 1.28 bits per heavy atom. The third-order valence-corrected chi connectivity index (χ3v) is 5.37. The summed E-state index contributed by atoms with van der Waals surface area (Å²) in [5.41, 5.74) is -0.519. The summed E-state index contributed by atoms with van der Waals surface area (Å²) in [5, 5.41) is 4.00. The Morgan fingerprint density at radius 3 is 2.52 bits per heavy atom. The second-order valence-electron chi connectivity index (χ2n) is 9.44. The average Bonchev–Trinajstić information content (AvgIpc) is 3.17. The van der Waals surface area contributed by atoms with Gasteiger partial charge < -0.3 is 23.8 Å². The molecule has 0 saturated carbocycles. The zero-order valence-corrected chi connectivity index (χ0v) is 18.3. The molecule has 0 aliphatic carbocycles. The van der Waals surface area contributed by atoms with E-state index in [0.717, 1.165) is 19.4 Å². The smallest absolute Gasteiger partial charge is 0.410 e. The molecule has 2 amide bonds. The minimum atomic E-state index is -0.519. The van der Waals surface area contributed by atoms with Gasteiger partial charge in [0.05, 0.1) is 13.1 Å². The van der Waals surface area contributed by atoms with Gasteiger partial charge >= 0.3 is 6.09 Å². The molecule has 0 radical (unpaired) electrons. The maximum absolute atomic E-state index is 13.1. The van der Waals surface area contributed by atoms with E-state index in [2.05, 4.69) is 12.1 Å². The van der Waals surface area contributed by atoms with E-state index in [0.29, 0.717) is 24.7 Å². The lowest BCUT2D eigenvalue weighted by molar-refractivity contribution is -0.134. The van der Waals surface area contributed by atoms with Gasteiger partial charge in [-0.2, -0.15) is 0 Å². The van der Waals surface area contributed by atoms with Crippen molar-refractivity contribution in [2.75, 3.05) is 19.6 Å². The first kappa shape index (κ1) is 21.5. The van der Waals surface area contributed by atoms with Crippen LogP contribution in [0.2, 0.25) is 0 Å². The molecule has 2 aliphatic rings. The molecule has 0 spiro atoms. The lowest BCUT2D eigenvalue weighted by Crippen LogP contribution is -2.57. The third kappa shape index (κ3) is 5.03. The molecule has 2 atom stereocenters.